The van der Waals surface area contributed by atoms with Crippen molar-refractivity contribution in [1.29, 1.82) is 0 Å². The van der Waals surface area contributed by atoms with E-state index in [4.69, 9.17) is 14.1 Å². The molecule has 33 heavy (non-hydrogen) atoms. The first kappa shape index (κ1) is 23.3. The van der Waals surface area contributed by atoms with Crippen LogP contribution in [-0.2, 0) is 23.6 Å². The number of piperazine rings is 1. The van der Waals surface area contributed by atoms with Crippen LogP contribution in [0.25, 0.3) is 0 Å². The van der Waals surface area contributed by atoms with Gasteiger partial charge in [0.25, 0.3) is 5.91 Å². The van der Waals surface area contributed by atoms with Gasteiger partial charge in [-0.1, -0.05) is 23.9 Å². The van der Waals surface area contributed by atoms with Crippen LogP contribution in [0.1, 0.15) is 27.4 Å². The molecule has 1 fully saturated rings. The van der Waals surface area contributed by atoms with Gasteiger partial charge < -0.3 is 24.3 Å². The number of furan rings is 1. The number of aromatic nitrogens is 2. The van der Waals surface area contributed by atoms with Crippen molar-refractivity contribution in [3.63, 3.8) is 0 Å². The maximum absolute atomic E-state index is 12.5. The summed E-state index contributed by atoms with van der Waals surface area (Å²) < 4.78 is 10.6. The lowest BCUT2D eigenvalue weighted by Crippen LogP contribution is -2.44. The molecule has 4 rings (SSSR count). The number of benzene rings is 1. The molecule has 0 atom stereocenters. The molecule has 0 bridgehead atoms. The summed E-state index contributed by atoms with van der Waals surface area (Å²) >= 11 is 1.56. The summed E-state index contributed by atoms with van der Waals surface area (Å²) in [5.41, 5.74) is 2.52. The third kappa shape index (κ3) is 6.56. The quantitative estimate of drug-likeness (QED) is 0.380. The van der Waals surface area contributed by atoms with Crippen LogP contribution >= 0.6 is 11.8 Å². The fraction of sp³-hybridized carbons (Fsp3) is 0.375. The van der Waals surface area contributed by atoms with E-state index in [2.05, 4.69) is 27.1 Å². The fourth-order valence-corrected chi connectivity index (χ4v) is 4.39. The van der Waals surface area contributed by atoms with E-state index in [-0.39, 0.29) is 5.91 Å². The number of nitrogens with zero attached hydrogens (tertiary/aromatic N) is 4. The van der Waals surface area contributed by atoms with Crippen molar-refractivity contribution >= 4 is 23.5 Å². The summed E-state index contributed by atoms with van der Waals surface area (Å²) in [5, 5.41) is 3.60. The Balaban J connectivity index is 1.41. The normalized spacial score (nSPS) is 14.4. The van der Waals surface area contributed by atoms with Gasteiger partial charge >= 0.3 is 0 Å². The van der Waals surface area contributed by atoms with Gasteiger partial charge in [0, 0.05) is 50.7 Å². The van der Waals surface area contributed by atoms with Crippen LogP contribution in [0.2, 0.25) is 0 Å². The van der Waals surface area contributed by atoms with E-state index in [1.165, 1.54) is 0 Å². The Kier molecular flexibility index (Phi) is 7.98. The van der Waals surface area contributed by atoms with Gasteiger partial charge in [-0.05, 0) is 36.9 Å². The summed E-state index contributed by atoms with van der Waals surface area (Å²) in [7, 11) is 3.81. The number of nitrogens with one attached hydrogen (secondary N) is 1. The predicted molar refractivity (Wildman–Crippen MR) is 128 cm³/mol. The Morgan fingerprint density at radius 3 is 2.76 bits per heavy atom. The maximum atomic E-state index is 12.5. The van der Waals surface area contributed by atoms with Crippen LogP contribution in [0.15, 0.2) is 58.3 Å². The van der Waals surface area contributed by atoms with Gasteiger partial charge in [0.2, 0.25) is 0 Å². The highest BCUT2D eigenvalue weighted by atomic mass is 32.2. The van der Waals surface area contributed by atoms with Crippen LogP contribution in [0.4, 0.5) is 5.82 Å². The lowest BCUT2D eigenvalue weighted by molar-refractivity contribution is 0.0948. The zero-order valence-corrected chi connectivity index (χ0v) is 19.8. The number of hydrogen-bond donors (Lipinski definition) is 1. The highest BCUT2D eigenvalue weighted by molar-refractivity contribution is 7.98. The number of methoxy groups -OCH3 is 1. The van der Waals surface area contributed by atoms with E-state index in [1.807, 2.05) is 36.4 Å². The van der Waals surface area contributed by atoms with E-state index in [1.54, 1.807) is 31.2 Å². The van der Waals surface area contributed by atoms with Crippen molar-refractivity contribution in [3.8, 4) is 0 Å². The van der Waals surface area contributed by atoms with E-state index in [9.17, 15) is 4.79 Å². The maximum Gasteiger partial charge on any atom is 0.251 e. The van der Waals surface area contributed by atoms with Crippen molar-refractivity contribution < 1.29 is 13.9 Å². The van der Waals surface area contributed by atoms with Crippen molar-refractivity contribution in [3.05, 3.63) is 71.3 Å². The Morgan fingerprint density at radius 1 is 1.15 bits per heavy atom. The average Bonchev–Trinajstić information content (AvgIpc) is 3.36. The summed E-state index contributed by atoms with van der Waals surface area (Å²) in [6.45, 7) is 4.72. The second-order valence-corrected chi connectivity index (χ2v) is 8.92. The first-order valence-corrected chi connectivity index (χ1v) is 11.9. The molecule has 1 aliphatic rings. The van der Waals surface area contributed by atoms with Gasteiger partial charge in [0.15, 0.2) is 5.16 Å². The molecule has 3 heterocycles. The molecule has 174 valence electrons. The van der Waals surface area contributed by atoms with Crippen molar-refractivity contribution in [2.45, 2.75) is 24.1 Å². The third-order valence-corrected chi connectivity index (χ3v) is 6.34. The molecule has 1 aliphatic heterocycles. The molecule has 0 unspecified atom stereocenters. The summed E-state index contributed by atoms with van der Waals surface area (Å²) in [5.74, 6) is 2.20. The molecular formula is C24H29N5O3S. The molecule has 0 aliphatic carbocycles. The third-order valence-electron chi connectivity index (χ3n) is 5.43. The Bertz CT molecular complexity index is 1050. The standard InChI is InChI=1S/C24H29N5O3S/c1-28-8-10-29(11-9-28)22-14-20(16-31-2)26-24(27-22)33-17-18-5-3-6-19(13-18)23(30)25-15-21-7-4-12-32-21/h3-7,12-14H,8-11,15-17H2,1-2H3,(H,25,30). The summed E-state index contributed by atoms with van der Waals surface area (Å²) in [6.07, 6.45) is 1.60. The molecule has 1 saturated heterocycles. The lowest BCUT2D eigenvalue weighted by Gasteiger charge is -2.33. The number of carbonyl (C=O) groups is 1. The monoisotopic (exact) mass is 467 g/mol. The van der Waals surface area contributed by atoms with Gasteiger partial charge in [0.05, 0.1) is 25.1 Å². The number of carbonyl (C=O) groups excluding carboxylic acids is 1. The molecule has 0 saturated carbocycles. The molecular weight excluding hydrogens is 438 g/mol. The Hall–Kier alpha value is -2.88. The summed E-state index contributed by atoms with van der Waals surface area (Å²) in [4.78, 5) is 26.6. The molecule has 8 nitrogen and oxygen atoms in total. The van der Waals surface area contributed by atoms with Crippen LogP contribution in [-0.4, -0.2) is 61.1 Å². The number of rotatable bonds is 9. The van der Waals surface area contributed by atoms with E-state index in [0.717, 1.165) is 49.0 Å². The molecule has 2 aromatic heterocycles. The molecule has 1 N–H and O–H groups in total. The highest BCUT2D eigenvalue weighted by Gasteiger charge is 2.17. The van der Waals surface area contributed by atoms with Crippen LogP contribution < -0.4 is 10.2 Å². The molecule has 0 radical (unpaired) electrons. The number of ether oxygens (including phenoxy) is 1. The van der Waals surface area contributed by atoms with Crippen LogP contribution in [0.3, 0.4) is 0 Å². The number of thioether (sulfide) groups is 1. The fourth-order valence-electron chi connectivity index (χ4n) is 3.58. The zero-order chi connectivity index (χ0) is 23.0. The van der Waals surface area contributed by atoms with Gasteiger partial charge in [-0.25, -0.2) is 9.97 Å². The Morgan fingerprint density at radius 2 is 2.00 bits per heavy atom. The van der Waals surface area contributed by atoms with E-state index >= 15 is 0 Å². The largest absolute Gasteiger partial charge is 0.467 e. The number of likely N-dealkylation sites (N-methyl/N-ethyl adjacent to an activating group) is 1. The van der Waals surface area contributed by atoms with Crippen LogP contribution in [0.5, 0.6) is 0 Å². The van der Waals surface area contributed by atoms with Crippen molar-refractivity contribution in [2.24, 2.45) is 0 Å². The van der Waals surface area contributed by atoms with E-state index < -0.39 is 0 Å². The van der Waals surface area contributed by atoms with Crippen LogP contribution in [0, 0.1) is 0 Å². The second-order valence-electron chi connectivity index (χ2n) is 7.97. The topological polar surface area (TPSA) is 83.7 Å². The van der Waals surface area contributed by atoms with Crippen molar-refractivity contribution in [1.82, 2.24) is 20.2 Å². The minimum Gasteiger partial charge on any atom is -0.467 e. The molecule has 3 aromatic rings. The lowest BCUT2D eigenvalue weighted by atomic mass is 10.1. The number of anilines is 1. The first-order chi connectivity index (χ1) is 16.1. The zero-order valence-electron chi connectivity index (χ0n) is 19.0. The number of hydrogen-bond acceptors (Lipinski definition) is 8. The molecule has 9 heteroatoms. The average molecular weight is 468 g/mol. The number of amides is 1. The Labute approximate surface area is 198 Å². The molecule has 0 spiro atoms. The molecule has 1 aromatic carbocycles. The van der Waals surface area contributed by atoms with E-state index in [0.29, 0.717) is 29.6 Å². The van der Waals surface area contributed by atoms with Gasteiger partial charge in [-0.2, -0.15) is 0 Å². The van der Waals surface area contributed by atoms with Gasteiger partial charge in [-0.15, -0.1) is 0 Å². The van der Waals surface area contributed by atoms with Gasteiger partial charge in [0.1, 0.15) is 11.6 Å². The second kappa shape index (κ2) is 11.3. The predicted octanol–water partition coefficient (Wildman–Crippen LogP) is 3.19. The smallest absolute Gasteiger partial charge is 0.251 e. The minimum atomic E-state index is -0.131. The highest BCUT2D eigenvalue weighted by Crippen LogP contribution is 2.24. The minimum absolute atomic E-state index is 0.131. The summed E-state index contributed by atoms with van der Waals surface area (Å²) in [6, 6.07) is 13.3. The first-order valence-electron chi connectivity index (χ1n) is 10.9. The van der Waals surface area contributed by atoms with Crippen molar-refractivity contribution in [2.75, 3.05) is 45.2 Å². The SMILES string of the molecule is COCc1cc(N2CCN(C)CC2)nc(SCc2cccc(C(=O)NCc3ccco3)c2)n1. The molecule has 1 amide bonds. The van der Waals surface area contributed by atoms with Gasteiger partial charge in [-0.3, -0.25) is 4.79 Å².